The van der Waals surface area contributed by atoms with E-state index in [0.717, 1.165) is 18.3 Å². The fourth-order valence-corrected chi connectivity index (χ4v) is 2.38. The van der Waals surface area contributed by atoms with Crippen molar-refractivity contribution in [2.75, 3.05) is 0 Å². The van der Waals surface area contributed by atoms with E-state index < -0.39 is 0 Å². The van der Waals surface area contributed by atoms with Crippen LogP contribution in [0.15, 0.2) is 18.2 Å². The van der Waals surface area contributed by atoms with Crippen molar-refractivity contribution in [2.45, 2.75) is 18.8 Å². The van der Waals surface area contributed by atoms with Gasteiger partial charge >= 0.3 is 0 Å². The van der Waals surface area contributed by atoms with E-state index in [1.165, 1.54) is 17.5 Å². The Balaban J connectivity index is 2.09. The van der Waals surface area contributed by atoms with Gasteiger partial charge in [0.1, 0.15) is 0 Å². The number of rotatable bonds is 1. The van der Waals surface area contributed by atoms with Gasteiger partial charge in [0.15, 0.2) is 0 Å². The normalized spacial score (nSPS) is 28.0. The van der Waals surface area contributed by atoms with E-state index >= 15 is 0 Å². The molecule has 0 radical (unpaired) electrons. The van der Waals surface area contributed by atoms with Gasteiger partial charge in [-0.05, 0) is 35.8 Å². The van der Waals surface area contributed by atoms with Gasteiger partial charge in [-0.2, -0.15) is 0 Å². The summed E-state index contributed by atoms with van der Waals surface area (Å²) in [6, 6.07) is 5.30. The molecule has 1 fully saturated rings. The molecule has 0 bridgehead atoms. The Labute approximate surface area is 75.5 Å². The summed E-state index contributed by atoms with van der Waals surface area (Å²) in [4.78, 5) is 10.2. The van der Waals surface area contributed by atoms with Crippen molar-refractivity contribution in [1.82, 2.24) is 0 Å². The number of benzene rings is 1. The minimum absolute atomic E-state index is 0.236. The average molecular weight is 175 g/mol. The van der Waals surface area contributed by atoms with E-state index in [0.29, 0.717) is 0 Å². The first-order chi connectivity index (χ1) is 6.25. The fraction of sp³-hybridized carbons (Fsp3) is 0.400. The SMILES string of the molecule is O=[N+]([O-])c1ccc2c(c1)CC1CC21. The van der Waals surface area contributed by atoms with Crippen LogP contribution < -0.4 is 0 Å². The molecule has 0 heterocycles. The van der Waals surface area contributed by atoms with Gasteiger partial charge in [-0.1, -0.05) is 6.07 Å². The Bertz CT molecular complexity index is 400. The van der Waals surface area contributed by atoms with Crippen molar-refractivity contribution in [1.29, 1.82) is 0 Å². The summed E-state index contributed by atoms with van der Waals surface area (Å²) in [6.07, 6.45) is 2.35. The maximum absolute atomic E-state index is 10.5. The van der Waals surface area contributed by atoms with Crippen LogP contribution in [0.25, 0.3) is 0 Å². The minimum atomic E-state index is -0.315. The third-order valence-corrected chi connectivity index (χ3v) is 3.14. The number of hydrogen-bond acceptors (Lipinski definition) is 2. The van der Waals surface area contributed by atoms with Crippen LogP contribution in [0.2, 0.25) is 0 Å². The Kier molecular flexibility index (Phi) is 1.14. The third kappa shape index (κ3) is 0.899. The Morgan fingerprint density at radius 2 is 2.31 bits per heavy atom. The molecule has 0 aliphatic heterocycles. The number of nitrogens with zero attached hydrogens (tertiary/aromatic N) is 1. The van der Waals surface area contributed by atoms with Crippen molar-refractivity contribution in [3.8, 4) is 0 Å². The molecule has 0 aromatic heterocycles. The largest absolute Gasteiger partial charge is 0.269 e. The predicted molar refractivity (Wildman–Crippen MR) is 47.6 cm³/mol. The lowest BCUT2D eigenvalue weighted by molar-refractivity contribution is -0.384. The Hall–Kier alpha value is -1.38. The van der Waals surface area contributed by atoms with Gasteiger partial charge in [0.05, 0.1) is 4.92 Å². The zero-order chi connectivity index (χ0) is 9.00. The highest BCUT2D eigenvalue weighted by atomic mass is 16.6. The van der Waals surface area contributed by atoms with Gasteiger partial charge in [-0.3, -0.25) is 10.1 Å². The van der Waals surface area contributed by atoms with Crippen LogP contribution >= 0.6 is 0 Å². The number of non-ortho nitro benzene ring substituents is 1. The van der Waals surface area contributed by atoms with Crippen LogP contribution in [0.5, 0.6) is 0 Å². The van der Waals surface area contributed by atoms with Crippen molar-refractivity contribution in [3.63, 3.8) is 0 Å². The highest BCUT2D eigenvalue weighted by Crippen LogP contribution is 2.56. The van der Waals surface area contributed by atoms with E-state index in [4.69, 9.17) is 0 Å². The first-order valence-corrected chi connectivity index (χ1v) is 4.53. The molecule has 2 aliphatic rings. The predicted octanol–water partition coefficient (Wildman–Crippen LogP) is 2.25. The first kappa shape index (κ1) is 7.06. The lowest BCUT2D eigenvalue weighted by Crippen LogP contribution is -1.92. The van der Waals surface area contributed by atoms with E-state index in [-0.39, 0.29) is 10.6 Å². The molecule has 2 unspecified atom stereocenters. The van der Waals surface area contributed by atoms with E-state index in [1.54, 1.807) is 12.1 Å². The van der Waals surface area contributed by atoms with Crippen LogP contribution in [-0.2, 0) is 6.42 Å². The molecule has 3 nitrogen and oxygen atoms in total. The molecule has 0 spiro atoms. The molecular weight excluding hydrogens is 166 g/mol. The molecule has 3 rings (SSSR count). The quantitative estimate of drug-likeness (QED) is 0.485. The zero-order valence-electron chi connectivity index (χ0n) is 7.06. The highest BCUT2D eigenvalue weighted by Gasteiger charge is 2.45. The second-order valence-corrected chi connectivity index (χ2v) is 3.95. The molecule has 1 aromatic carbocycles. The van der Waals surface area contributed by atoms with Gasteiger partial charge in [-0.25, -0.2) is 0 Å². The lowest BCUT2D eigenvalue weighted by Gasteiger charge is -2.00. The van der Waals surface area contributed by atoms with Crippen LogP contribution in [0.4, 0.5) is 5.69 Å². The molecule has 0 saturated heterocycles. The van der Waals surface area contributed by atoms with Crippen LogP contribution in [0.1, 0.15) is 23.5 Å². The number of nitro benzene ring substituents is 1. The molecule has 13 heavy (non-hydrogen) atoms. The number of nitro groups is 1. The average Bonchev–Trinajstić information content (AvgIpc) is 2.78. The van der Waals surface area contributed by atoms with E-state index in [1.807, 2.05) is 6.07 Å². The number of fused-ring (bicyclic) bond motifs is 3. The lowest BCUT2D eigenvalue weighted by atomic mass is 10.1. The summed E-state index contributed by atoms with van der Waals surface area (Å²) in [5, 5.41) is 10.5. The van der Waals surface area contributed by atoms with Crippen LogP contribution in [0.3, 0.4) is 0 Å². The molecule has 1 saturated carbocycles. The van der Waals surface area contributed by atoms with Gasteiger partial charge in [0.25, 0.3) is 5.69 Å². The molecule has 0 amide bonds. The van der Waals surface area contributed by atoms with Crippen LogP contribution in [-0.4, -0.2) is 4.92 Å². The molecule has 3 heteroatoms. The summed E-state index contributed by atoms with van der Waals surface area (Å²) in [7, 11) is 0. The standard InChI is InChI=1S/C10H9NO2/c12-11(13)8-1-2-9-6(4-8)3-7-5-10(7)9/h1-2,4,7,10H,3,5H2. The Morgan fingerprint density at radius 3 is 3.08 bits per heavy atom. The minimum Gasteiger partial charge on any atom is -0.258 e. The summed E-state index contributed by atoms with van der Waals surface area (Å²) in [5.41, 5.74) is 2.80. The molecule has 1 aromatic rings. The smallest absolute Gasteiger partial charge is 0.258 e. The summed E-state index contributed by atoms with van der Waals surface area (Å²) in [6.45, 7) is 0. The van der Waals surface area contributed by atoms with Gasteiger partial charge in [0.2, 0.25) is 0 Å². The van der Waals surface area contributed by atoms with E-state index in [9.17, 15) is 10.1 Å². The van der Waals surface area contributed by atoms with Crippen molar-refractivity contribution in [3.05, 3.63) is 39.4 Å². The van der Waals surface area contributed by atoms with Gasteiger partial charge < -0.3 is 0 Å². The third-order valence-electron chi connectivity index (χ3n) is 3.14. The molecule has 2 atom stereocenters. The zero-order valence-corrected chi connectivity index (χ0v) is 7.06. The second-order valence-electron chi connectivity index (χ2n) is 3.95. The second kappa shape index (κ2) is 2.10. The van der Waals surface area contributed by atoms with Crippen molar-refractivity contribution < 1.29 is 4.92 Å². The molecule has 66 valence electrons. The molecular formula is C10H9NO2. The van der Waals surface area contributed by atoms with E-state index in [2.05, 4.69) is 0 Å². The summed E-state index contributed by atoms with van der Waals surface area (Å²) in [5.74, 6) is 1.54. The topological polar surface area (TPSA) is 43.1 Å². The molecule has 0 N–H and O–H groups in total. The molecule has 2 aliphatic carbocycles. The summed E-state index contributed by atoms with van der Waals surface area (Å²) >= 11 is 0. The summed E-state index contributed by atoms with van der Waals surface area (Å²) < 4.78 is 0. The van der Waals surface area contributed by atoms with Crippen LogP contribution in [0, 0.1) is 16.0 Å². The monoisotopic (exact) mass is 175 g/mol. The van der Waals surface area contributed by atoms with Gasteiger partial charge in [-0.15, -0.1) is 0 Å². The fourth-order valence-electron chi connectivity index (χ4n) is 2.38. The van der Waals surface area contributed by atoms with Crippen molar-refractivity contribution >= 4 is 5.69 Å². The first-order valence-electron chi connectivity index (χ1n) is 4.53. The van der Waals surface area contributed by atoms with Crippen molar-refractivity contribution in [2.24, 2.45) is 5.92 Å². The maximum atomic E-state index is 10.5. The number of hydrogen-bond donors (Lipinski definition) is 0. The van der Waals surface area contributed by atoms with Gasteiger partial charge in [0, 0.05) is 12.1 Å². The maximum Gasteiger partial charge on any atom is 0.269 e. The Morgan fingerprint density at radius 1 is 1.46 bits per heavy atom. The highest BCUT2D eigenvalue weighted by molar-refractivity contribution is 5.47.